The molecule has 42 heavy (non-hydrogen) atoms. The van der Waals surface area contributed by atoms with Crippen molar-refractivity contribution < 1.29 is 0 Å². The SMILES string of the molecule is c1cc(-c2ccc3cc(-c4ccc5ccccc5c4)ccc3c2)cc(-c2cc3c4c(cccc4c2)-c2ccccc2-3)c1. The molecule has 0 amide bonds. The molecule has 0 aromatic heterocycles. The molecule has 1 aliphatic carbocycles. The van der Waals surface area contributed by atoms with E-state index < -0.39 is 0 Å². The lowest BCUT2D eigenvalue weighted by Crippen LogP contribution is -1.85. The predicted octanol–water partition coefficient (Wildman–Crippen LogP) is 11.8. The van der Waals surface area contributed by atoms with Crippen LogP contribution in [-0.4, -0.2) is 0 Å². The molecule has 0 nitrogen and oxygen atoms in total. The van der Waals surface area contributed by atoms with Crippen molar-refractivity contribution in [3.8, 4) is 55.6 Å². The smallest absolute Gasteiger partial charge is 0.00259 e. The first-order valence-electron chi connectivity index (χ1n) is 14.6. The maximum Gasteiger partial charge on any atom is -0.00259 e. The van der Waals surface area contributed by atoms with E-state index in [-0.39, 0.29) is 0 Å². The van der Waals surface area contributed by atoms with Crippen LogP contribution in [0.25, 0.3) is 88.0 Å². The minimum absolute atomic E-state index is 1.23. The van der Waals surface area contributed by atoms with Gasteiger partial charge in [0.25, 0.3) is 0 Å². The summed E-state index contributed by atoms with van der Waals surface area (Å²) in [6, 6.07) is 58.1. The zero-order valence-electron chi connectivity index (χ0n) is 23.0. The van der Waals surface area contributed by atoms with Crippen LogP contribution in [0.15, 0.2) is 158 Å². The van der Waals surface area contributed by atoms with Gasteiger partial charge in [0.15, 0.2) is 0 Å². The molecule has 0 N–H and O–H groups in total. The lowest BCUT2D eigenvalue weighted by Gasteiger charge is -2.11. The maximum atomic E-state index is 2.38. The van der Waals surface area contributed by atoms with Crippen LogP contribution in [0.1, 0.15) is 0 Å². The molecular formula is C42H26. The second-order valence-corrected chi connectivity index (χ2v) is 11.4. The molecule has 0 heteroatoms. The summed E-state index contributed by atoms with van der Waals surface area (Å²) >= 11 is 0. The van der Waals surface area contributed by atoms with E-state index in [4.69, 9.17) is 0 Å². The molecule has 8 aromatic rings. The summed E-state index contributed by atoms with van der Waals surface area (Å²) in [6.07, 6.45) is 0. The van der Waals surface area contributed by atoms with Gasteiger partial charge in [-0.3, -0.25) is 0 Å². The molecule has 0 aliphatic heterocycles. The van der Waals surface area contributed by atoms with E-state index in [0.717, 1.165) is 0 Å². The first-order valence-corrected chi connectivity index (χ1v) is 14.6. The monoisotopic (exact) mass is 530 g/mol. The largest absolute Gasteiger partial charge is 0.0616 e. The summed E-state index contributed by atoms with van der Waals surface area (Å²) in [5.74, 6) is 0. The van der Waals surface area contributed by atoms with Crippen LogP contribution in [0, 0.1) is 0 Å². The summed E-state index contributed by atoms with van der Waals surface area (Å²) in [5.41, 5.74) is 12.8. The van der Waals surface area contributed by atoms with Crippen molar-refractivity contribution in [1.82, 2.24) is 0 Å². The van der Waals surface area contributed by atoms with Crippen LogP contribution in [0.4, 0.5) is 0 Å². The summed E-state index contributed by atoms with van der Waals surface area (Å²) in [6.45, 7) is 0. The quantitative estimate of drug-likeness (QED) is 0.213. The topological polar surface area (TPSA) is 0 Å². The van der Waals surface area contributed by atoms with Crippen LogP contribution < -0.4 is 0 Å². The van der Waals surface area contributed by atoms with Gasteiger partial charge in [0.2, 0.25) is 0 Å². The Bertz CT molecular complexity index is 2350. The van der Waals surface area contributed by atoms with Crippen molar-refractivity contribution in [3.63, 3.8) is 0 Å². The van der Waals surface area contributed by atoms with Gasteiger partial charge < -0.3 is 0 Å². The Morgan fingerprint density at radius 1 is 0.214 bits per heavy atom. The van der Waals surface area contributed by atoms with Crippen LogP contribution in [-0.2, 0) is 0 Å². The summed E-state index contributed by atoms with van der Waals surface area (Å²) in [7, 11) is 0. The molecule has 1 aliphatic rings. The molecule has 0 saturated heterocycles. The third-order valence-electron chi connectivity index (χ3n) is 8.94. The van der Waals surface area contributed by atoms with Crippen LogP contribution >= 0.6 is 0 Å². The Kier molecular flexibility index (Phi) is 5.00. The van der Waals surface area contributed by atoms with E-state index in [1.807, 2.05) is 0 Å². The minimum atomic E-state index is 1.23. The molecular weight excluding hydrogens is 504 g/mol. The second kappa shape index (κ2) is 9.03. The molecule has 0 atom stereocenters. The number of hydrogen-bond donors (Lipinski definition) is 0. The highest BCUT2D eigenvalue weighted by atomic mass is 14.2. The van der Waals surface area contributed by atoms with Gasteiger partial charge in [0.1, 0.15) is 0 Å². The minimum Gasteiger partial charge on any atom is -0.0616 e. The van der Waals surface area contributed by atoms with E-state index in [1.54, 1.807) is 0 Å². The van der Waals surface area contributed by atoms with Gasteiger partial charge in [-0.2, -0.15) is 0 Å². The molecule has 0 unspecified atom stereocenters. The lowest BCUT2D eigenvalue weighted by atomic mass is 9.93. The van der Waals surface area contributed by atoms with Crippen molar-refractivity contribution in [2.75, 3.05) is 0 Å². The predicted molar refractivity (Wildman–Crippen MR) is 180 cm³/mol. The molecule has 0 radical (unpaired) electrons. The molecule has 9 rings (SSSR count). The standard InChI is InChI=1S/C42H26/c1-2-8-28-21-32(16-15-27(28)7-1)34-20-19-33-23-31(17-18-35(33)24-34)29-9-5-10-30(22-29)37-25-36-11-6-14-40-38-12-3-4-13-39(38)41(26-37)42(36)40/h1-26H. The molecule has 0 saturated carbocycles. The maximum absolute atomic E-state index is 2.38. The number of fused-ring (bicyclic) bond motifs is 5. The highest BCUT2D eigenvalue weighted by Crippen LogP contribution is 2.48. The fourth-order valence-electron chi connectivity index (χ4n) is 6.84. The number of hydrogen-bond acceptors (Lipinski definition) is 0. The van der Waals surface area contributed by atoms with Crippen molar-refractivity contribution in [3.05, 3.63) is 158 Å². The first-order chi connectivity index (χ1) is 20.8. The van der Waals surface area contributed by atoms with Crippen molar-refractivity contribution in [1.29, 1.82) is 0 Å². The van der Waals surface area contributed by atoms with Gasteiger partial charge in [-0.05, 0) is 124 Å². The Balaban J connectivity index is 1.10. The van der Waals surface area contributed by atoms with E-state index in [1.165, 1.54) is 88.0 Å². The van der Waals surface area contributed by atoms with Gasteiger partial charge in [0, 0.05) is 0 Å². The number of benzene rings is 8. The summed E-state index contributed by atoms with van der Waals surface area (Å²) < 4.78 is 0. The normalized spacial score (nSPS) is 11.8. The zero-order chi connectivity index (χ0) is 27.6. The number of rotatable bonds is 3. The third-order valence-corrected chi connectivity index (χ3v) is 8.94. The molecule has 0 spiro atoms. The highest BCUT2D eigenvalue weighted by Gasteiger charge is 2.21. The van der Waals surface area contributed by atoms with Crippen molar-refractivity contribution in [2.24, 2.45) is 0 Å². The lowest BCUT2D eigenvalue weighted by molar-refractivity contribution is 1.61. The Morgan fingerprint density at radius 3 is 1.38 bits per heavy atom. The van der Waals surface area contributed by atoms with E-state index >= 15 is 0 Å². The van der Waals surface area contributed by atoms with Crippen molar-refractivity contribution in [2.45, 2.75) is 0 Å². The summed E-state index contributed by atoms with van der Waals surface area (Å²) in [5, 5.41) is 7.73. The molecule has 0 fully saturated rings. The van der Waals surface area contributed by atoms with Crippen LogP contribution in [0.5, 0.6) is 0 Å². The van der Waals surface area contributed by atoms with Gasteiger partial charge in [-0.15, -0.1) is 0 Å². The first kappa shape index (κ1) is 23.3. The summed E-state index contributed by atoms with van der Waals surface area (Å²) in [4.78, 5) is 0. The average Bonchev–Trinajstić information content (AvgIpc) is 3.39. The zero-order valence-corrected chi connectivity index (χ0v) is 23.0. The fraction of sp³-hybridized carbons (Fsp3) is 0. The Hall–Kier alpha value is -5.46. The third kappa shape index (κ3) is 3.62. The van der Waals surface area contributed by atoms with Gasteiger partial charge in [0.05, 0.1) is 0 Å². The second-order valence-electron chi connectivity index (χ2n) is 11.4. The van der Waals surface area contributed by atoms with Crippen molar-refractivity contribution >= 4 is 32.3 Å². The Labute approximate surface area is 245 Å². The van der Waals surface area contributed by atoms with Crippen LogP contribution in [0.3, 0.4) is 0 Å². The van der Waals surface area contributed by atoms with E-state index in [0.29, 0.717) is 0 Å². The molecule has 0 bridgehead atoms. The molecule has 194 valence electrons. The van der Waals surface area contributed by atoms with Crippen LogP contribution in [0.2, 0.25) is 0 Å². The van der Waals surface area contributed by atoms with E-state index in [2.05, 4.69) is 158 Å². The molecule has 8 aromatic carbocycles. The Morgan fingerprint density at radius 2 is 0.667 bits per heavy atom. The molecule has 0 heterocycles. The van der Waals surface area contributed by atoms with E-state index in [9.17, 15) is 0 Å². The van der Waals surface area contributed by atoms with Gasteiger partial charge >= 0.3 is 0 Å². The van der Waals surface area contributed by atoms with Gasteiger partial charge in [-0.1, -0.05) is 121 Å². The van der Waals surface area contributed by atoms with Gasteiger partial charge in [-0.25, -0.2) is 0 Å². The average molecular weight is 531 g/mol. The fourth-order valence-corrected chi connectivity index (χ4v) is 6.84. The highest BCUT2D eigenvalue weighted by molar-refractivity contribution is 6.16.